The Kier molecular flexibility index (Phi) is 5.22. The van der Waals surface area contributed by atoms with E-state index in [9.17, 15) is 9.18 Å². The van der Waals surface area contributed by atoms with Gasteiger partial charge in [0.25, 0.3) is 0 Å². The van der Waals surface area contributed by atoms with Crippen LogP contribution in [0.3, 0.4) is 0 Å². The number of hydrogen-bond donors (Lipinski definition) is 2. The van der Waals surface area contributed by atoms with E-state index in [0.29, 0.717) is 34.7 Å². The van der Waals surface area contributed by atoms with Crippen molar-refractivity contribution < 1.29 is 14.3 Å². The van der Waals surface area contributed by atoms with E-state index >= 15 is 0 Å². The van der Waals surface area contributed by atoms with Crippen LogP contribution in [0, 0.1) is 12.7 Å². The normalized spacial score (nSPS) is 11.0. The first-order valence-corrected chi connectivity index (χ1v) is 9.95. The molecule has 0 aliphatic heterocycles. The van der Waals surface area contributed by atoms with E-state index < -0.39 is 5.97 Å². The van der Waals surface area contributed by atoms with E-state index in [1.165, 1.54) is 17.7 Å². The maximum absolute atomic E-state index is 14.1. The van der Waals surface area contributed by atoms with Gasteiger partial charge in [-0.05, 0) is 59.5 Å². The van der Waals surface area contributed by atoms with Crippen LogP contribution >= 0.6 is 11.3 Å². The standard InChI is InChI=1S/C22H18FN3O2S/c1-13-8-15(2-3-17(13)22(27)28)19-11-20(26-12-25-19)24-6-4-14-9-16-5-7-29-21(16)18(23)10-14/h2-3,5,7-12H,4,6H2,1H3,(H,27,28)(H,24,25,26). The minimum atomic E-state index is -0.948. The van der Waals surface area contributed by atoms with Crippen molar-refractivity contribution in [3.63, 3.8) is 0 Å². The molecule has 146 valence electrons. The van der Waals surface area contributed by atoms with Crippen molar-refractivity contribution in [1.82, 2.24) is 9.97 Å². The number of hydrogen-bond acceptors (Lipinski definition) is 5. The Hall–Kier alpha value is -3.32. The number of benzene rings is 2. The molecule has 2 aromatic carbocycles. The van der Waals surface area contributed by atoms with E-state index in [0.717, 1.165) is 16.5 Å². The number of aryl methyl sites for hydroxylation is 1. The van der Waals surface area contributed by atoms with Crippen molar-refractivity contribution in [2.24, 2.45) is 0 Å². The summed E-state index contributed by atoms with van der Waals surface area (Å²) in [5, 5.41) is 15.2. The number of halogens is 1. The van der Waals surface area contributed by atoms with Gasteiger partial charge in [0.05, 0.1) is 16.0 Å². The predicted octanol–water partition coefficient (Wildman–Crippen LogP) is 5.16. The van der Waals surface area contributed by atoms with Gasteiger partial charge < -0.3 is 10.4 Å². The fraction of sp³-hybridized carbons (Fsp3) is 0.136. The van der Waals surface area contributed by atoms with Gasteiger partial charge in [0.2, 0.25) is 0 Å². The largest absolute Gasteiger partial charge is 0.478 e. The summed E-state index contributed by atoms with van der Waals surface area (Å²) in [6.45, 7) is 2.36. The highest BCUT2D eigenvalue weighted by Crippen LogP contribution is 2.26. The maximum Gasteiger partial charge on any atom is 0.335 e. The monoisotopic (exact) mass is 407 g/mol. The molecular formula is C22H18FN3O2S. The lowest BCUT2D eigenvalue weighted by molar-refractivity contribution is 0.0696. The minimum Gasteiger partial charge on any atom is -0.478 e. The van der Waals surface area contributed by atoms with E-state index in [1.807, 2.05) is 23.6 Å². The summed E-state index contributed by atoms with van der Waals surface area (Å²) in [7, 11) is 0. The summed E-state index contributed by atoms with van der Waals surface area (Å²) in [5.74, 6) is -0.472. The summed E-state index contributed by atoms with van der Waals surface area (Å²) >= 11 is 1.41. The molecule has 0 saturated heterocycles. The van der Waals surface area contributed by atoms with Gasteiger partial charge in [-0.3, -0.25) is 0 Å². The van der Waals surface area contributed by atoms with Crippen LogP contribution in [-0.2, 0) is 6.42 Å². The number of rotatable bonds is 6. The summed E-state index contributed by atoms with van der Waals surface area (Å²) < 4.78 is 14.8. The van der Waals surface area contributed by atoms with E-state index in [1.54, 1.807) is 31.2 Å². The molecule has 0 atom stereocenters. The molecule has 4 aromatic rings. The Bertz CT molecular complexity index is 1210. The fourth-order valence-electron chi connectivity index (χ4n) is 3.25. The summed E-state index contributed by atoms with van der Waals surface area (Å²) in [5.41, 5.74) is 3.40. The fourth-order valence-corrected chi connectivity index (χ4v) is 4.04. The quantitative estimate of drug-likeness (QED) is 0.462. The van der Waals surface area contributed by atoms with Crippen LogP contribution in [-0.4, -0.2) is 27.6 Å². The Morgan fingerprint density at radius 2 is 2.03 bits per heavy atom. The molecule has 0 unspecified atom stereocenters. The number of aromatic carboxylic acids is 1. The number of nitrogens with zero attached hydrogens (tertiary/aromatic N) is 2. The van der Waals surface area contributed by atoms with Crippen molar-refractivity contribution in [2.75, 3.05) is 11.9 Å². The van der Waals surface area contributed by atoms with Crippen LogP contribution in [0.15, 0.2) is 54.2 Å². The highest BCUT2D eigenvalue weighted by molar-refractivity contribution is 7.17. The Morgan fingerprint density at radius 3 is 2.83 bits per heavy atom. The SMILES string of the molecule is Cc1cc(-c2cc(NCCc3cc(F)c4sccc4c3)ncn2)ccc1C(=O)O. The first kappa shape index (κ1) is 19.0. The van der Waals surface area contributed by atoms with Crippen LogP contribution in [0.2, 0.25) is 0 Å². The van der Waals surface area contributed by atoms with Gasteiger partial charge in [0.1, 0.15) is 18.0 Å². The van der Waals surface area contributed by atoms with Crippen molar-refractivity contribution in [1.29, 1.82) is 0 Å². The van der Waals surface area contributed by atoms with Crippen LogP contribution in [0.1, 0.15) is 21.5 Å². The third kappa shape index (κ3) is 4.09. The zero-order chi connectivity index (χ0) is 20.4. The summed E-state index contributed by atoms with van der Waals surface area (Å²) in [6.07, 6.45) is 2.13. The Morgan fingerprint density at radius 1 is 1.17 bits per heavy atom. The van der Waals surface area contributed by atoms with Gasteiger partial charge in [-0.1, -0.05) is 12.1 Å². The molecule has 4 rings (SSSR count). The molecule has 2 N–H and O–H groups in total. The second-order valence-electron chi connectivity index (χ2n) is 6.72. The average Bonchev–Trinajstić information content (AvgIpc) is 3.17. The zero-order valence-electron chi connectivity index (χ0n) is 15.6. The molecule has 0 radical (unpaired) electrons. The van der Waals surface area contributed by atoms with Gasteiger partial charge in [-0.15, -0.1) is 11.3 Å². The topological polar surface area (TPSA) is 75.1 Å². The summed E-state index contributed by atoms with van der Waals surface area (Å²) in [6, 6.07) is 12.5. The highest BCUT2D eigenvalue weighted by Gasteiger charge is 2.10. The molecule has 0 aliphatic rings. The van der Waals surface area contributed by atoms with Gasteiger partial charge in [0, 0.05) is 18.2 Å². The van der Waals surface area contributed by atoms with Crippen molar-refractivity contribution in [3.8, 4) is 11.3 Å². The number of carboxylic acids is 1. The minimum absolute atomic E-state index is 0.183. The number of nitrogens with one attached hydrogen (secondary N) is 1. The molecule has 0 amide bonds. The van der Waals surface area contributed by atoms with E-state index in [4.69, 9.17) is 5.11 Å². The van der Waals surface area contributed by atoms with Crippen molar-refractivity contribution in [2.45, 2.75) is 13.3 Å². The van der Waals surface area contributed by atoms with E-state index in [2.05, 4.69) is 15.3 Å². The number of fused-ring (bicyclic) bond motifs is 1. The van der Waals surface area contributed by atoms with Crippen LogP contribution < -0.4 is 5.32 Å². The molecule has 7 heteroatoms. The number of aromatic nitrogens is 2. The molecule has 0 saturated carbocycles. The zero-order valence-corrected chi connectivity index (χ0v) is 16.5. The van der Waals surface area contributed by atoms with Crippen molar-refractivity contribution >= 4 is 33.2 Å². The van der Waals surface area contributed by atoms with Gasteiger partial charge in [0.15, 0.2) is 0 Å². The third-order valence-corrected chi connectivity index (χ3v) is 5.64. The van der Waals surface area contributed by atoms with Gasteiger partial charge in [-0.25, -0.2) is 19.2 Å². The lowest BCUT2D eigenvalue weighted by atomic mass is 10.0. The molecule has 0 fully saturated rings. The number of carbonyl (C=O) groups is 1. The second-order valence-corrected chi connectivity index (χ2v) is 7.63. The van der Waals surface area contributed by atoms with Crippen LogP contribution in [0.4, 0.5) is 10.2 Å². The molecule has 0 aliphatic carbocycles. The average molecular weight is 407 g/mol. The molecule has 2 aromatic heterocycles. The Labute approximate surface area is 170 Å². The lowest BCUT2D eigenvalue weighted by Crippen LogP contribution is -2.07. The lowest BCUT2D eigenvalue weighted by Gasteiger charge is -2.09. The molecule has 29 heavy (non-hydrogen) atoms. The highest BCUT2D eigenvalue weighted by atomic mass is 32.1. The molecule has 0 spiro atoms. The van der Waals surface area contributed by atoms with Gasteiger partial charge >= 0.3 is 5.97 Å². The van der Waals surface area contributed by atoms with Gasteiger partial charge in [-0.2, -0.15) is 0 Å². The third-order valence-electron chi connectivity index (χ3n) is 4.71. The first-order chi connectivity index (χ1) is 14.0. The van der Waals surface area contributed by atoms with Crippen molar-refractivity contribution in [3.05, 3.63) is 76.7 Å². The van der Waals surface area contributed by atoms with Crippen LogP contribution in [0.25, 0.3) is 21.3 Å². The van der Waals surface area contributed by atoms with E-state index in [-0.39, 0.29) is 11.4 Å². The predicted molar refractivity (Wildman–Crippen MR) is 113 cm³/mol. The molecule has 2 heterocycles. The van der Waals surface area contributed by atoms with Crippen LogP contribution in [0.5, 0.6) is 0 Å². The summed E-state index contributed by atoms with van der Waals surface area (Å²) in [4.78, 5) is 19.7. The number of carboxylic acid groups (broad SMARTS) is 1. The molecule has 5 nitrogen and oxygen atoms in total. The smallest absolute Gasteiger partial charge is 0.335 e. The number of thiophene rings is 1. The maximum atomic E-state index is 14.1. The number of anilines is 1. The Balaban J connectivity index is 1.46. The second kappa shape index (κ2) is 7.97. The molecule has 0 bridgehead atoms. The first-order valence-electron chi connectivity index (χ1n) is 9.07. The molecular weight excluding hydrogens is 389 g/mol.